The number of carboxylic acids is 1. The highest BCUT2D eigenvalue weighted by Gasteiger charge is 2.44. The molecule has 0 saturated carbocycles. The summed E-state index contributed by atoms with van der Waals surface area (Å²) in [6.45, 7) is 3.30. The molecule has 4 rings (SSSR count). The molecule has 1 saturated heterocycles. The number of phenolic OH excluding ortho intramolecular Hbond substituents is 1. The molecule has 0 radical (unpaired) electrons. The van der Waals surface area contributed by atoms with Gasteiger partial charge in [-0.1, -0.05) is 11.6 Å². The molecule has 1 aromatic carbocycles. The number of rotatable bonds is 9. The number of phenols is 1. The molecule has 15 heteroatoms. The van der Waals surface area contributed by atoms with Gasteiger partial charge in [-0.15, -0.1) is 0 Å². The van der Waals surface area contributed by atoms with Gasteiger partial charge in [0.05, 0.1) is 13.7 Å². The minimum Gasteiger partial charge on any atom is -0.507 e. The van der Waals surface area contributed by atoms with Gasteiger partial charge in [0.15, 0.2) is 11.9 Å². The molecule has 15 nitrogen and oxygen atoms in total. The second-order valence-electron chi connectivity index (χ2n) is 9.48. The van der Waals surface area contributed by atoms with E-state index in [1.165, 1.54) is 7.11 Å². The predicted molar refractivity (Wildman–Crippen MR) is 138 cm³/mol. The third kappa shape index (κ3) is 6.43. The molecule has 2 aliphatic heterocycles. The van der Waals surface area contributed by atoms with Gasteiger partial charge in [0.1, 0.15) is 48.3 Å². The zero-order valence-electron chi connectivity index (χ0n) is 22.6. The van der Waals surface area contributed by atoms with Crippen LogP contribution in [-0.4, -0.2) is 90.1 Å². The summed E-state index contributed by atoms with van der Waals surface area (Å²) < 4.78 is 16.5. The maximum atomic E-state index is 11.8. The topological polar surface area (TPSA) is 244 Å². The largest absolute Gasteiger partial charge is 0.507 e. The summed E-state index contributed by atoms with van der Waals surface area (Å²) >= 11 is 0. The number of nitrogens with two attached hydrogens (primary N) is 1. The molecule has 1 fully saturated rings. The molecular weight excluding hydrogens is 546 g/mol. The van der Waals surface area contributed by atoms with Crippen molar-refractivity contribution < 1.29 is 59.2 Å². The molecule has 2 aliphatic rings. The maximum absolute atomic E-state index is 11.8. The fourth-order valence-corrected chi connectivity index (χ4v) is 4.54. The second-order valence-corrected chi connectivity index (χ2v) is 9.48. The van der Waals surface area contributed by atoms with Crippen molar-refractivity contribution in [1.29, 1.82) is 0 Å². The molecule has 0 aliphatic carbocycles. The zero-order chi connectivity index (χ0) is 30.6. The number of primary amides is 1. The number of methoxy groups -OCH3 is 1. The Morgan fingerprint density at radius 3 is 2.46 bits per heavy atom. The van der Waals surface area contributed by atoms with Crippen LogP contribution in [0.25, 0.3) is 0 Å². The molecule has 3 heterocycles. The number of aromatic hydroxyl groups is 2. The lowest BCUT2D eigenvalue weighted by molar-refractivity contribution is -0.136. The maximum Gasteiger partial charge on any atom is 0.342 e. The molecule has 0 unspecified atom stereocenters. The molecule has 1 amide bonds. The Morgan fingerprint density at radius 2 is 1.93 bits per heavy atom. The summed E-state index contributed by atoms with van der Waals surface area (Å²) in [5.74, 6) is -2.48. The lowest BCUT2D eigenvalue weighted by Crippen LogP contribution is -2.33. The van der Waals surface area contributed by atoms with E-state index in [1.807, 2.05) is 19.9 Å². The number of amides is 1. The number of fused-ring (bicyclic) bond motifs is 1. The predicted octanol–water partition coefficient (Wildman–Crippen LogP) is 0.0323. The number of allylic oxidation sites excluding steroid dienone is 2. The van der Waals surface area contributed by atoms with E-state index in [4.69, 9.17) is 30.2 Å². The average molecular weight is 580 g/mol. The van der Waals surface area contributed by atoms with Crippen molar-refractivity contribution in [3.8, 4) is 17.4 Å². The van der Waals surface area contributed by atoms with E-state index >= 15 is 0 Å². The third-order valence-electron chi connectivity index (χ3n) is 6.83. The first kappa shape index (κ1) is 31.3. The normalized spacial score (nSPS) is 21.6. The van der Waals surface area contributed by atoms with Gasteiger partial charge in [-0.25, -0.2) is 9.78 Å². The number of benzene rings is 1. The van der Waals surface area contributed by atoms with Crippen LogP contribution in [0.2, 0.25) is 0 Å². The first-order chi connectivity index (χ1) is 19.3. The number of carbonyl (C=O) groups is 3. The number of aliphatic hydroxyl groups is 3. The molecule has 0 spiro atoms. The summed E-state index contributed by atoms with van der Waals surface area (Å²) in [5, 5.41) is 57.0. The Bertz CT molecular complexity index is 1350. The third-order valence-corrected chi connectivity index (χ3v) is 6.83. The van der Waals surface area contributed by atoms with Crippen LogP contribution >= 0.6 is 0 Å². The van der Waals surface area contributed by atoms with Crippen molar-refractivity contribution in [2.24, 2.45) is 5.73 Å². The number of hydrogen-bond acceptors (Lipinski definition) is 12. The number of ether oxygens (including phenoxy) is 3. The Balaban J connectivity index is 0.000000232. The van der Waals surface area contributed by atoms with E-state index in [-0.39, 0.29) is 30.0 Å². The van der Waals surface area contributed by atoms with E-state index in [0.717, 1.165) is 22.0 Å². The average Bonchev–Trinajstić information content (AvgIpc) is 3.59. The number of aliphatic hydroxyl groups excluding tert-OH is 3. The van der Waals surface area contributed by atoms with Gasteiger partial charge in [-0.2, -0.15) is 0 Å². The standard InChI is InChI=1S/C17H20O6.C9H13N3O6/c1-9(5-7-13(18)19)4-6-11-15(20)14-12(8-23-17(14)21)10(2)16(11)22-3;10-7(16)4-8(17)12(2-11-4)9-6(15)5(14)3(1-13)18-9/h4,20H,5-8H2,1-3H3,(H,18,19);2-3,5-6,9,13-15,17H,1H2,(H2,10,16)/b9-4+;/t;3-,5-,6-,9-/m.1/s1. The van der Waals surface area contributed by atoms with Gasteiger partial charge < -0.3 is 50.6 Å². The van der Waals surface area contributed by atoms with Crippen LogP contribution in [0, 0.1) is 6.92 Å². The van der Waals surface area contributed by atoms with E-state index in [9.17, 15) is 34.8 Å². The van der Waals surface area contributed by atoms with Crippen LogP contribution in [0.5, 0.6) is 17.4 Å². The SMILES string of the molecule is COc1c(C)c2c(c(O)c1C/C=C(\C)CCC(=O)O)C(=O)OC2.NC(=O)c1ncn([C@@H]2O[C@H](CO)[C@@H](O)[C@H]2O)c1O. The Kier molecular flexibility index (Phi) is 9.93. The highest BCUT2D eigenvalue weighted by Crippen LogP contribution is 2.42. The number of hydrogen-bond donors (Lipinski definition) is 7. The van der Waals surface area contributed by atoms with Gasteiger partial charge in [0.25, 0.3) is 5.91 Å². The highest BCUT2D eigenvalue weighted by atomic mass is 16.6. The molecule has 41 heavy (non-hydrogen) atoms. The molecular formula is C26H33N3O12. The minimum atomic E-state index is -1.37. The smallest absolute Gasteiger partial charge is 0.342 e. The van der Waals surface area contributed by atoms with Crippen LogP contribution in [0.1, 0.15) is 63.5 Å². The molecule has 2 aromatic rings. The van der Waals surface area contributed by atoms with Gasteiger partial charge in [-0.05, 0) is 32.3 Å². The van der Waals surface area contributed by atoms with E-state index in [1.54, 1.807) is 0 Å². The summed E-state index contributed by atoms with van der Waals surface area (Å²) in [5.41, 5.74) is 7.65. The van der Waals surface area contributed by atoms with Gasteiger partial charge in [0, 0.05) is 17.5 Å². The lowest BCUT2D eigenvalue weighted by Gasteiger charge is -2.16. The van der Waals surface area contributed by atoms with E-state index in [0.29, 0.717) is 29.7 Å². The lowest BCUT2D eigenvalue weighted by atomic mass is 9.94. The number of cyclic esters (lactones) is 1. The summed E-state index contributed by atoms with van der Waals surface area (Å²) in [6, 6.07) is 0. The number of aromatic nitrogens is 2. The number of carbonyl (C=O) groups excluding carboxylic acids is 2. The Morgan fingerprint density at radius 1 is 1.24 bits per heavy atom. The van der Waals surface area contributed by atoms with Crippen molar-refractivity contribution in [1.82, 2.24) is 9.55 Å². The van der Waals surface area contributed by atoms with E-state index < -0.39 is 54.9 Å². The van der Waals surface area contributed by atoms with Crippen molar-refractivity contribution >= 4 is 17.8 Å². The molecule has 1 aromatic heterocycles. The Hall–Kier alpha value is -4.18. The Labute approximate surface area is 234 Å². The van der Waals surface area contributed by atoms with Crippen LogP contribution in [0.3, 0.4) is 0 Å². The minimum absolute atomic E-state index is 0.0565. The number of nitrogens with zero attached hydrogens (tertiary/aromatic N) is 2. The molecule has 4 atom stereocenters. The summed E-state index contributed by atoms with van der Waals surface area (Å²) in [6.07, 6.45) is -1.08. The van der Waals surface area contributed by atoms with Crippen molar-refractivity contribution in [3.05, 3.63) is 45.9 Å². The van der Waals surface area contributed by atoms with Crippen LogP contribution < -0.4 is 10.5 Å². The molecule has 0 bridgehead atoms. The number of imidazole rings is 1. The quantitative estimate of drug-likeness (QED) is 0.153. The molecule has 224 valence electrons. The fraction of sp³-hybridized carbons (Fsp3) is 0.462. The van der Waals surface area contributed by atoms with Gasteiger partial charge in [0.2, 0.25) is 5.88 Å². The second kappa shape index (κ2) is 13.0. The van der Waals surface area contributed by atoms with Crippen molar-refractivity contribution in [2.75, 3.05) is 13.7 Å². The van der Waals surface area contributed by atoms with Gasteiger partial charge >= 0.3 is 11.9 Å². The first-order valence-corrected chi connectivity index (χ1v) is 12.5. The van der Waals surface area contributed by atoms with Crippen molar-refractivity contribution in [3.63, 3.8) is 0 Å². The number of esters is 1. The van der Waals surface area contributed by atoms with Crippen molar-refractivity contribution in [2.45, 2.75) is 64.3 Å². The fourth-order valence-electron chi connectivity index (χ4n) is 4.54. The first-order valence-electron chi connectivity index (χ1n) is 12.5. The highest BCUT2D eigenvalue weighted by molar-refractivity contribution is 5.98. The summed E-state index contributed by atoms with van der Waals surface area (Å²) in [4.78, 5) is 36.9. The van der Waals surface area contributed by atoms with Gasteiger partial charge in [-0.3, -0.25) is 14.2 Å². The number of carboxylic acid groups (broad SMARTS) is 1. The number of aliphatic carboxylic acids is 1. The monoisotopic (exact) mass is 579 g/mol. The van der Waals surface area contributed by atoms with E-state index in [2.05, 4.69) is 4.98 Å². The van der Waals surface area contributed by atoms with Crippen LogP contribution in [-0.2, 0) is 27.3 Å². The van der Waals surface area contributed by atoms with Crippen LogP contribution in [0.4, 0.5) is 0 Å². The summed E-state index contributed by atoms with van der Waals surface area (Å²) in [7, 11) is 1.51. The van der Waals surface area contributed by atoms with Crippen LogP contribution in [0.15, 0.2) is 18.0 Å². The zero-order valence-corrected chi connectivity index (χ0v) is 22.6. The molecule has 8 N–H and O–H groups in total.